The Morgan fingerprint density at radius 3 is 2.50 bits per heavy atom. The SMILES string of the molecule is CN=C(NN)NC1CCC1(C)C. The van der Waals surface area contributed by atoms with Crippen LogP contribution in [0.2, 0.25) is 0 Å². The number of nitrogens with zero attached hydrogens (tertiary/aromatic N) is 1. The van der Waals surface area contributed by atoms with Crippen LogP contribution in [-0.4, -0.2) is 19.0 Å². The summed E-state index contributed by atoms with van der Waals surface area (Å²) in [5.41, 5.74) is 2.91. The molecule has 70 valence electrons. The zero-order valence-corrected chi connectivity index (χ0v) is 8.02. The van der Waals surface area contributed by atoms with Gasteiger partial charge < -0.3 is 5.32 Å². The van der Waals surface area contributed by atoms with Gasteiger partial charge in [0.05, 0.1) is 0 Å². The molecule has 0 amide bonds. The summed E-state index contributed by atoms with van der Waals surface area (Å²) in [5, 5.41) is 3.26. The number of hydrogen-bond donors (Lipinski definition) is 3. The van der Waals surface area contributed by atoms with Gasteiger partial charge in [-0.2, -0.15) is 0 Å². The lowest BCUT2D eigenvalue weighted by Gasteiger charge is -2.45. The normalized spacial score (nSPS) is 27.7. The fraction of sp³-hybridized carbons (Fsp3) is 0.875. The lowest BCUT2D eigenvalue weighted by Crippen LogP contribution is -2.56. The maximum Gasteiger partial charge on any atom is 0.205 e. The van der Waals surface area contributed by atoms with Crippen molar-refractivity contribution >= 4 is 5.96 Å². The quantitative estimate of drug-likeness (QED) is 0.228. The molecule has 1 aliphatic carbocycles. The van der Waals surface area contributed by atoms with Crippen LogP contribution >= 0.6 is 0 Å². The molecule has 0 aliphatic heterocycles. The molecule has 1 fully saturated rings. The molecule has 1 rings (SSSR count). The van der Waals surface area contributed by atoms with Gasteiger partial charge in [-0.05, 0) is 18.3 Å². The van der Waals surface area contributed by atoms with E-state index in [9.17, 15) is 0 Å². The first-order valence-corrected chi connectivity index (χ1v) is 4.30. The van der Waals surface area contributed by atoms with Crippen molar-refractivity contribution in [2.75, 3.05) is 7.05 Å². The second kappa shape index (κ2) is 3.31. The van der Waals surface area contributed by atoms with E-state index in [4.69, 9.17) is 5.84 Å². The second-order valence-electron chi connectivity index (χ2n) is 3.94. The van der Waals surface area contributed by atoms with Crippen molar-refractivity contribution in [2.24, 2.45) is 16.3 Å². The minimum atomic E-state index is 0.382. The molecular weight excluding hydrogens is 152 g/mol. The highest BCUT2D eigenvalue weighted by Gasteiger charge is 2.38. The predicted molar refractivity (Wildman–Crippen MR) is 50.6 cm³/mol. The standard InChI is InChI=1S/C8H18N4/c1-8(2)5-4-6(8)11-7(10-3)12-9/h6H,4-5,9H2,1-3H3,(H2,10,11,12). The molecule has 0 aromatic rings. The third kappa shape index (κ3) is 1.69. The number of nitrogens with one attached hydrogen (secondary N) is 2. The van der Waals surface area contributed by atoms with Crippen LogP contribution in [-0.2, 0) is 0 Å². The molecule has 1 atom stereocenters. The molecule has 4 heteroatoms. The van der Waals surface area contributed by atoms with Crippen molar-refractivity contribution in [3.05, 3.63) is 0 Å². The number of aliphatic imine (C=N–C) groups is 1. The minimum absolute atomic E-state index is 0.382. The van der Waals surface area contributed by atoms with Crippen molar-refractivity contribution < 1.29 is 0 Å². The van der Waals surface area contributed by atoms with Crippen LogP contribution in [0.4, 0.5) is 0 Å². The van der Waals surface area contributed by atoms with E-state index in [1.54, 1.807) is 7.05 Å². The largest absolute Gasteiger partial charge is 0.352 e. The van der Waals surface area contributed by atoms with Gasteiger partial charge in [0.2, 0.25) is 5.96 Å². The summed E-state index contributed by atoms with van der Waals surface area (Å²) in [6, 6.07) is 0.507. The van der Waals surface area contributed by atoms with Crippen molar-refractivity contribution in [3.8, 4) is 0 Å². The zero-order valence-electron chi connectivity index (χ0n) is 8.02. The number of guanidine groups is 1. The highest BCUT2D eigenvalue weighted by atomic mass is 15.3. The van der Waals surface area contributed by atoms with Gasteiger partial charge in [0.25, 0.3) is 0 Å². The van der Waals surface area contributed by atoms with Gasteiger partial charge >= 0.3 is 0 Å². The first kappa shape index (κ1) is 9.32. The van der Waals surface area contributed by atoms with Crippen molar-refractivity contribution in [1.82, 2.24) is 10.7 Å². The van der Waals surface area contributed by atoms with E-state index in [1.807, 2.05) is 0 Å². The maximum absolute atomic E-state index is 5.26. The molecule has 0 aromatic carbocycles. The van der Waals surface area contributed by atoms with E-state index >= 15 is 0 Å². The van der Waals surface area contributed by atoms with Crippen molar-refractivity contribution in [2.45, 2.75) is 32.7 Å². The van der Waals surface area contributed by atoms with Gasteiger partial charge in [-0.1, -0.05) is 13.8 Å². The second-order valence-corrected chi connectivity index (χ2v) is 3.94. The summed E-state index contributed by atoms with van der Waals surface area (Å²) < 4.78 is 0. The van der Waals surface area contributed by atoms with Crippen LogP contribution in [0.5, 0.6) is 0 Å². The molecule has 0 bridgehead atoms. The fourth-order valence-corrected chi connectivity index (χ4v) is 1.47. The third-order valence-corrected chi connectivity index (χ3v) is 2.69. The summed E-state index contributed by atoms with van der Waals surface area (Å²) >= 11 is 0. The smallest absolute Gasteiger partial charge is 0.205 e. The molecule has 0 saturated heterocycles. The Bertz CT molecular complexity index is 185. The number of hydrogen-bond acceptors (Lipinski definition) is 2. The van der Waals surface area contributed by atoms with Crippen molar-refractivity contribution in [3.63, 3.8) is 0 Å². The molecule has 0 spiro atoms. The van der Waals surface area contributed by atoms with E-state index in [0.717, 1.165) is 0 Å². The Hall–Kier alpha value is -0.770. The van der Waals surface area contributed by atoms with Crippen LogP contribution in [0.15, 0.2) is 4.99 Å². The van der Waals surface area contributed by atoms with E-state index in [0.29, 0.717) is 17.4 Å². The van der Waals surface area contributed by atoms with E-state index in [2.05, 4.69) is 29.6 Å². The fourth-order valence-electron chi connectivity index (χ4n) is 1.47. The third-order valence-electron chi connectivity index (χ3n) is 2.69. The Labute approximate surface area is 73.6 Å². The monoisotopic (exact) mass is 170 g/mol. The van der Waals surface area contributed by atoms with Crippen molar-refractivity contribution in [1.29, 1.82) is 0 Å². The van der Waals surface area contributed by atoms with Gasteiger partial charge in [0, 0.05) is 13.1 Å². The molecule has 1 saturated carbocycles. The van der Waals surface area contributed by atoms with Crippen LogP contribution in [0, 0.1) is 5.41 Å². The van der Waals surface area contributed by atoms with E-state index < -0.39 is 0 Å². The maximum atomic E-state index is 5.26. The van der Waals surface area contributed by atoms with Gasteiger partial charge in [-0.25, -0.2) is 5.84 Å². The zero-order chi connectivity index (χ0) is 9.19. The topological polar surface area (TPSA) is 62.4 Å². The Kier molecular flexibility index (Phi) is 2.57. The Morgan fingerprint density at radius 2 is 2.25 bits per heavy atom. The summed E-state index contributed by atoms with van der Waals surface area (Å²) in [7, 11) is 1.72. The Morgan fingerprint density at radius 1 is 1.58 bits per heavy atom. The summed E-state index contributed by atoms with van der Waals surface area (Å²) in [6.45, 7) is 4.50. The highest BCUT2D eigenvalue weighted by molar-refractivity contribution is 5.79. The van der Waals surface area contributed by atoms with Gasteiger partial charge in [-0.15, -0.1) is 0 Å². The lowest BCUT2D eigenvalue weighted by molar-refractivity contribution is 0.125. The van der Waals surface area contributed by atoms with Crippen LogP contribution in [0.1, 0.15) is 26.7 Å². The Balaban J connectivity index is 2.42. The molecule has 0 aromatic heterocycles. The van der Waals surface area contributed by atoms with Gasteiger partial charge in [0.15, 0.2) is 0 Å². The molecule has 12 heavy (non-hydrogen) atoms. The highest BCUT2D eigenvalue weighted by Crippen LogP contribution is 2.39. The molecule has 0 radical (unpaired) electrons. The summed E-state index contributed by atoms with van der Waals surface area (Å²) in [4.78, 5) is 3.96. The average molecular weight is 170 g/mol. The van der Waals surface area contributed by atoms with E-state index in [1.165, 1.54) is 12.8 Å². The summed E-state index contributed by atoms with van der Waals surface area (Å²) in [5.74, 6) is 5.93. The van der Waals surface area contributed by atoms with Crippen LogP contribution < -0.4 is 16.6 Å². The lowest BCUT2D eigenvalue weighted by atomic mass is 9.67. The average Bonchev–Trinajstić information content (AvgIpc) is 2.05. The first-order chi connectivity index (χ1) is 5.60. The minimum Gasteiger partial charge on any atom is -0.352 e. The van der Waals surface area contributed by atoms with Crippen LogP contribution in [0.3, 0.4) is 0 Å². The molecule has 4 nitrogen and oxygen atoms in total. The molecular formula is C8H18N4. The molecule has 4 N–H and O–H groups in total. The number of nitrogens with two attached hydrogens (primary N) is 1. The molecule has 1 unspecified atom stereocenters. The molecule has 1 aliphatic rings. The van der Waals surface area contributed by atoms with Gasteiger partial charge in [0.1, 0.15) is 0 Å². The summed E-state index contributed by atoms with van der Waals surface area (Å²) in [6.07, 6.45) is 2.47. The van der Waals surface area contributed by atoms with E-state index in [-0.39, 0.29) is 0 Å². The van der Waals surface area contributed by atoms with Gasteiger partial charge in [-0.3, -0.25) is 10.4 Å². The predicted octanol–water partition coefficient (Wildman–Crippen LogP) is 0.214. The molecule has 0 heterocycles. The number of rotatable bonds is 1. The first-order valence-electron chi connectivity index (χ1n) is 4.30. The number of hydrazine groups is 1. The van der Waals surface area contributed by atoms with Crippen LogP contribution in [0.25, 0.3) is 0 Å².